The number of hydrogen-bond donors (Lipinski definition) is 0. The molecule has 0 aromatic heterocycles. The Morgan fingerprint density at radius 2 is 2.38 bits per heavy atom. The highest BCUT2D eigenvalue weighted by atomic mass is 31.0. The van der Waals surface area contributed by atoms with Crippen molar-refractivity contribution in [3.05, 3.63) is 0 Å². The van der Waals surface area contributed by atoms with Gasteiger partial charge in [0.1, 0.15) is 0 Å². The highest BCUT2D eigenvalue weighted by Crippen LogP contribution is 2.25. The first-order valence-corrected chi connectivity index (χ1v) is 6.06. The lowest BCUT2D eigenvalue weighted by Crippen LogP contribution is -2.37. The molecule has 1 amide bonds. The van der Waals surface area contributed by atoms with Crippen LogP contribution in [0.2, 0.25) is 0 Å². The molecule has 0 bridgehead atoms. The van der Waals surface area contributed by atoms with Crippen molar-refractivity contribution in [1.82, 2.24) is 4.90 Å². The zero-order valence-corrected chi connectivity index (χ0v) is 10.2. The van der Waals surface area contributed by atoms with Gasteiger partial charge in [-0.25, -0.2) is 4.79 Å². The Labute approximate surface area is 84.0 Å². The van der Waals surface area contributed by atoms with Crippen LogP contribution in [-0.2, 0) is 4.74 Å². The van der Waals surface area contributed by atoms with E-state index < -0.39 is 0 Å². The fourth-order valence-electron chi connectivity index (χ4n) is 1.61. The standard InChI is InChI=1S/C8H17NO2P2/c1-2-11-8(10)9-4-7(13)3-6(9)5-12/h6-7H,2-5,12-13H2,1H3. The zero-order valence-electron chi connectivity index (χ0n) is 7.90. The summed E-state index contributed by atoms with van der Waals surface area (Å²) in [5, 5.41) is 0. The normalized spacial score (nSPS) is 27.8. The number of carbonyl (C=O) groups excluding carboxylic acids is 1. The molecule has 4 atom stereocenters. The topological polar surface area (TPSA) is 29.5 Å². The minimum atomic E-state index is -0.167. The van der Waals surface area contributed by atoms with Crippen molar-refractivity contribution in [3.63, 3.8) is 0 Å². The Morgan fingerprint density at radius 3 is 2.92 bits per heavy atom. The van der Waals surface area contributed by atoms with Crippen LogP contribution in [-0.4, -0.2) is 42.0 Å². The molecule has 1 saturated heterocycles. The van der Waals surface area contributed by atoms with Gasteiger partial charge in [0.05, 0.1) is 6.61 Å². The van der Waals surface area contributed by atoms with Crippen LogP contribution in [0.25, 0.3) is 0 Å². The lowest BCUT2D eigenvalue weighted by Gasteiger charge is -2.22. The third-order valence-electron chi connectivity index (χ3n) is 2.22. The summed E-state index contributed by atoms with van der Waals surface area (Å²) < 4.78 is 4.97. The number of ether oxygens (including phenoxy) is 1. The van der Waals surface area contributed by atoms with E-state index in [1.807, 2.05) is 11.8 Å². The van der Waals surface area contributed by atoms with E-state index >= 15 is 0 Å². The smallest absolute Gasteiger partial charge is 0.410 e. The molecule has 1 aliphatic rings. The number of likely N-dealkylation sites (tertiary alicyclic amines) is 1. The summed E-state index contributed by atoms with van der Waals surface area (Å²) in [7, 11) is 5.46. The van der Waals surface area contributed by atoms with Crippen LogP contribution in [0.1, 0.15) is 13.3 Å². The van der Waals surface area contributed by atoms with E-state index in [4.69, 9.17) is 4.74 Å². The predicted molar refractivity (Wildman–Crippen MR) is 60.2 cm³/mol. The fourth-order valence-corrected chi connectivity index (χ4v) is 2.59. The molecule has 1 fully saturated rings. The fraction of sp³-hybridized carbons (Fsp3) is 0.875. The Bertz CT molecular complexity index is 189. The molecule has 1 rings (SSSR count). The predicted octanol–water partition coefficient (Wildman–Crippen LogP) is 1.34. The largest absolute Gasteiger partial charge is 0.450 e. The minimum absolute atomic E-state index is 0.167. The quantitative estimate of drug-likeness (QED) is 0.658. The van der Waals surface area contributed by atoms with Gasteiger partial charge < -0.3 is 9.64 Å². The third-order valence-corrected chi connectivity index (χ3v) is 3.25. The monoisotopic (exact) mass is 221 g/mol. The molecule has 0 saturated carbocycles. The summed E-state index contributed by atoms with van der Waals surface area (Å²) >= 11 is 0. The van der Waals surface area contributed by atoms with Crippen molar-refractivity contribution in [2.45, 2.75) is 25.0 Å². The molecule has 1 heterocycles. The van der Waals surface area contributed by atoms with Crippen LogP contribution in [0.15, 0.2) is 0 Å². The second kappa shape index (κ2) is 5.12. The van der Waals surface area contributed by atoms with E-state index in [0.717, 1.165) is 19.1 Å². The van der Waals surface area contributed by atoms with Crippen molar-refractivity contribution in [3.8, 4) is 0 Å². The summed E-state index contributed by atoms with van der Waals surface area (Å²) in [6.45, 7) is 3.10. The molecule has 3 nitrogen and oxygen atoms in total. The van der Waals surface area contributed by atoms with E-state index in [9.17, 15) is 4.79 Å². The molecule has 0 N–H and O–H groups in total. The van der Waals surface area contributed by atoms with E-state index in [-0.39, 0.29) is 6.09 Å². The molecule has 13 heavy (non-hydrogen) atoms. The van der Waals surface area contributed by atoms with Crippen molar-refractivity contribution < 1.29 is 9.53 Å². The zero-order chi connectivity index (χ0) is 9.84. The van der Waals surface area contributed by atoms with Gasteiger partial charge in [0.2, 0.25) is 0 Å². The van der Waals surface area contributed by atoms with Crippen molar-refractivity contribution in [1.29, 1.82) is 0 Å². The number of hydrogen-bond acceptors (Lipinski definition) is 2. The number of carbonyl (C=O) groups is 1. The minimum Gasteiger partial charge on any atom is -0.450 e. The maximum Gasteiger partial charge on any atom is 0.410 e. The SMILES string of the molecule is CCOC(=O)N1CC(P)CC1CP. The Kier molecular flexibility index (Phi) is 4.41. The lowest BCUT2D eigenvalue weighted by atomic mass is 10.2. The van der Waals surface area contributed by atoms with E-state index in [1.54, 1.807) is 0 Å². The van der Waals surface area contributed by atoms with Crippen LogP contribution < -0.4 is 0 Å². The highest BCUT2D eigenvalue weighted by Gasteiger charge is 2.32. The van der Waals surface area contributed by atoms with Crippen LogP contribution in [0.4, 0.5) is 4.79 Å². The summed E-state index contributed by atoms with van der Waals surface area (Å²) in [4.78, 5) is 13.3. The van der Waals surface area contributed by atoms with Gasteiger partial charge in [0, 0.05) is 12.6 Å². The summed E-state index contributed by atoms with van der Waals surface area (Å²) in [5.41, 5.74) is 0.523. The second-order valence-electron chi connectivity index (χ2n) is 3.24. The Hall–Kier alpha value is 0.130. The number of amides is 1. The average molecular weight is 221 g/mol. The molecule has 0 aromatic rings. The Morgan fingerprint density at radius 1 is 1.69 bits per heavy atom. The van der Waals surface area contributed by atoms with Crippen molar-refractivity contribution in [2.24, 2.45) is 0 Å². The first-order chi connectivity index (χ1) is 6.19. The van der Waals surface area contributed by atoms with Crippen LogP contribution >= 0.6 is 18.5 Å². The van der Waals surface area contributed by atoms with Crippen LogP contribution in [0.5, 0.6) is 0 Å². The molecule has 0 aromatic carbocycles. The molecule has 5 heteroatoms. The van der Waals surface area contributed by atoms with Crippen LogP contribution in [0.3, 0.4) is 0 Å². The summed E-state index contributed by atoms with van der Waals surface area (Å²) in [5.74, 6) is 0. The van der Waals surface area contributed by atoms with Gasteiger partial charge in [-0.05, 0) is 25.2 Å². The molecule has 0 aliphatic carbocycles. The molecule has 1 aliphatic heterocycles. The summed E-state index contributed by atoms with van der Waals surface area (Å²) in [6.07, 6.45) is 1.83. The molecule has 4 unspecified atom stereocenters. The Balaban J connectivity index is 2.52. The molecular formula is C8H17NO2P2. The third kappa shape index (κ3) is 2.79. The first-order valence-electron chi connectivity index (χ1n) is 4.58. The van der Waals surface area contributed by atoms with E-state index in [1.165, 1.54) is 0 Å². The van der Waals surface area contributed by atoms with Gasteiger partial charge in [0.25, 0.3) is 0 Å². The van der Waals surface area contributed by atoms with Gasteiger partial charge in [-0.2, -0.15) is 0 Å². The van der Waals surface area contributed by atoms with Gasteiger partial charge in [-0.15, -0.1) is 18.5 Å². The van der Waals surface area contributed by atoms with E-state index in [2.05, 4.69) is 18.5 Å². The average Bonchev–Trinajstić information content (AvgIpc) is 2.47. The van der Waals surface area contributed by atoms with Crippen LogP contribution in [0, 0.1) is 0 Å². The van der Waals surface area contributed by atoms with Gasteiger partial charge >= 0.3 is 6.09 Å². The highest BCUT2D eigenvalue weighted by molar-refractivity contribution is 7.17. The van der Waals surface area contributed by atoms with Gasteiger partial charge in [0.15, 0.2) is 0 Å². The van der Waals surface area contributed by atoms with Gasteiger partial charge in [-0.1, -0.05) is 0 Å². The molecular weight excluding hydrogens is 204 g/mol. The number of rotatable bonds is 2. The van der Waals surface area contributed by atoms with Crippen molar-refractivity contribution in [2.75, 3.05) is 19.3 Å². The second-order valence-corrected chi connectivity index (χ2v) is 4.65. The maximum atomic E-state index is 11.4. The molecule has 76 valence electrons. The molecule has 0 spiro atoms. The maximum absolute atomic E-state index is 11.4. The summed E-state index contributed by atoms with van der Waals surface area (Å²) in [6, 6.07) is 0.339. The van der Waals surface area contributed by atoms with E-state index in [0.29, 0.717) is 18.3 Å². The van der Waals surface area contributed by atoms with Gasteiger partial charge in [-0.3, -0.25) is 0 Å². The lowest BCUT2D eigenvalue weighted by molar-refractivity contribution is 0.106. The first kappa shape index (κ1) is 11.2. The number of nitrogens with zero attached hydrogens (tertiary/aromatic N) is 1. The molecule has 0 radical (unpaired) electrons. The van der Waals surface area contributed by atoms with Crippen molar-refractivity contribution >= 4 is 24.6 Å².